The van der Waals surface area contributed by atoms with Crippen molar-refractivity contribution in [1.82, 2.24) is 15.5 Å². The summed E-state index contributed by atoms with van der Waals surface area (Å²) in [7, 11) is 6.10. The second-order valence-electron chi connectivity index (χ2n) is 2.94. The van der Waals surface area contributed by atoms with Crippen LogP contribution in [0.3, 0.4) is 0 Å². The summed E-state index contributed by atoms with van der Waals surface area (Å²) in [6, 6.07) is 0. The highest BCUT2D eigenvalue weighted by molar-refractivity contribution is 5.15. The van der Waals surface area contributed by atoms with Gasteiger partial charge in [-0.25, -0.2) is 0 Å². The molecule has 0 unspecified atom stereocenters. The van der Waals surface area contributed by atoms with Crippen molar-refractivity contribution in [2.24, 2.45) is 0 Å². The van der Waals surface area contributed by atoms with E-state index >= 15 is 0 Å². The van der Waals surface area contributed by atoms with Gasteiger partial charge in [-0.15, -0.1) is 0 Å². The first-order valence-corrected chi connectivity index (χ1v) is 4.04. The molecule has 3 nitrogen and oxygen atoms in total. The summed E-state index contributed by atoms with van der Waals surface area (Å²) in [5.41, 5.74) is 2.67. The molecule has 11 heavy (non-hydrogen) atoms. The molecule has 0 saturated heterocycles. The molecule has 0 radical (unpaired) electrons. The van der Waals surface area contributed by atoms with Gasteiger partial charge in [0, 0.05) is 45.0 Å². The van der Waals surface area contributed by atoms with E-state index in [-0.39, 0.29) is 0 Å². The second kappa shape index (κ2) is 3.62. The maximum absolute atomic E-state index is 3.22. The Labute approximate surface area is 68.5 Å². The van der Waals surface area contributed by atoms with Crippen molar-refractivity contribution >= 4 is 0 Å². The van der Waals surface area contributed by atoms with Gasteiger partial charge in [-0.3, -0.25) is 0 Å². The Bertz CT molecular complexity index is 163. The van der Waals surface area contributed by atoms with Crippen LogP contribution < -0.4 is 10.6 Å². The maximum Gasteiger partial charge on any atom is 0.0440 e. The highest BCUT2D eigenvalue weighted by Gasteiger charge is 2.13. The molecule has 0 fully saturated rings. The van der Waals surface area contributed by atoms with Gasteiger partial charge in [0.1, 0.15) is 0 Å². The minimum atomic E-state index is 1.03. The number of hydrogen-bond donors (Lipinski definition) is 2. The summed E-state index contributed by atoms with van der Waals surface area (Å²) < 4.78 is 0. The third-order valence-electron chi connectivity index (χ3n) is 2.14. The van der Waals surface area contributed by atoms with E-state index in [0.29, 0.717) is 0 Å². The highest BCUT2D eigenvalue weighted by Crippen LogP contribution is 2.10. The Kier molecular flexibility index (Phi) is 2.76. The zero-order valence-corrected chi connectivity index (χ0v) is 7.57. The number of nitrogens with zero attached hydrogens (tertiary/aromatic N) is 1. The molecule has 0 spiro atoms. The van der Waals surface area contributed by atoms with Crippen LogP contribution in [-0.2, 0) is 0 Å². The van der Waals surface area contributed by atoms with Gasteiger partial charge in [0.2, 0.25) is 0 Å². The van der Waals surface area contributed by atoms with Gasteiger partial charge in [0.05, 0.1) is 0 Å². The lowest BCUT2D eigenvalue weighted by molar-refractivity contribution is 0.335. The van der Waals surface area contributed by atoms with E-state index in [9.17, 15) is 0 Å². The lowest BCUT2D eigenvalue weighted by Crippen LogP contribution is -2.35. The van der Waals surface area contributed by atoms with Crippen LogP contribution in [-0.4, -0.2) is 39.1 Å². The molecule has 64 valence electrons. The molecule has 1 aliphatic heterocycles. The Morgan fingerprint density at radius 2 is 1.82 bits per heavy atom. The van der Waals surface area contributed by atoms with Gasteiger partial charge in [-0.2, -0.15) is 0 Å². The zero-order chi connectivity index (χ0) is 8.27. The number of rotatable bonds is 2. The summed E-state index contributed by atoms with van der Waals surface area (Å²) in [5.74, 6) is 0. The number of nitrogens with one attached hydrogen (secondary N) is 2. The molecular formula is C8H17N3. The van der Waals surface area contributed by atoms with Crippen molar-refractivity contribution in [3.8, 4) is 0 Å². The smallest absolute Gasteiger partial charge is 0.0440 e. The fourth-order valence-electron chi connectivity index (χ4n) is 1.40. The van der Waals surface area contributed by atoms with E-state index in [1.807, 2.05) is 14.1 Å². The largest absolute Gasteiger partial charge is 0.390 e. The monoisotopic (exact) mass is 155 g/mol. The first kappa shape index (κ1) is 8.40. The van der Waals surface area contributed by atoms with Crippen molar-refractivity contribution in [3.63, 3.8) is 0 Å². The van der Waals surface area contributed by atoms with Crippen LogP contribution in [0.25, 0.3) is 0 Å². The summed E-state index contributed by atoms with van der Waals surface area (Å²) in [5, 5.41) is 6.43. The van der Waals surface area contributed by atoms with Crippen LogP contribution in [0.15, 0.2) is 11.4 Å². The number of likely N-dealkylation sites (N-methyl/N-ethyl adjacent to an activating group) is 2. The van der Waals surface area contributed by atoms with E-state index < -0.39 is 0 Å². The SMILES string of the molecule is CNC1=C(NC)CN(C)CC1. The van der Waals surface area contributed by atoms with E-state index in [1.54, 1.807) is 0 Å². The Hall–Kier alpha value is -0.700. The van der Waals surface area contributed by atoms with Gasteiger partial charge in [-0.1, -0.05) is 0 Å². The molecule has 2 N–H and O–H groups in total. The Balaban J connectivity index is 2.67. The Morgan fingerprint density at radius 1 is 1.18 bits per heavy atom. The average Bonchev–Trinajstić information content (AvgIpc) is 2.04. The van der Waals surface area contributed by atoms with Gasteiger partial charge < -0.3 is 15.5 Å². The van der Waals surface area contributed by atoms with Gasteiger partial charge in [0.25, 0.3) is 0 Å². The minimum absolute atomic E-state index is 1.03. The second-order valence-corrected chi connectivity index (χ2v) is 2.94. The first-order chi connectivity index (χ1) is 5.27. The van der Waals surface area contributed by atoms with E-state index in [2.05, 4.69) is 22.6 Å². The highest BCUT2D eigenvalue weighted by atomic mass is 15.1. The summed E-state index contributed by atoms with van der Waals surface area (Å²) >= 11 is 0. The van der Waals surface area contributed by atoms with Crippen molar-refractivity contribution in [2.45, 2.75) is 6.42 Å². The predicted octanol–water partition coefficient (Wildman–Crippen LogP) is -0.0277. The van der Waals surface area contributed by atoms with Crippen LogP contribution >= 0.6 is 0 Å². The summed E-state index contributed by atoms with van der Waals surface area (Å²) in [4.78, 5) is 2.31. The van der Waals surface area contributed by atoms with Crippen molar-refractivity contribution in [3.05, 3.63) is 11.4 Å². The van der Waals surface area contributed by atoms with Crippen LogP contribution in [0.4, 0.5) is 0 Å². The van der Waals surface area contributed by atoms with Crippen LogP contribution in [0.2, 0.25) is 0 Å². The molecule has 1 rings (SSSR count). The summed E-state index contributed by atoms with van der Waals surface area (Å²) in [6.07, 6.45) is 1.13. The lowest BCUT2D eigenvalue weighted by Gasteiger charge is -2.27. The first-order valence-electron chi connectivity index (χ1n) is 4.04. The van der Waals surface area contributed by atoms with E-state index in [4.69, 9.17) is 0 Å². The lowest BCUT2D eigenvalue weighted by atomic mass is 10.1. The third kappa shape index (κ3) is 1.87. The fraction of sp³-hybridized carbons (Fsp3) is 0.750. The van der Waals surface area contributed by atoms with Gasteiger partial charge in [-0.05, 0) is 7.05 Å². The van der Waals surface area contributed by atoms with Crippen LogP contribution in [0.5, 0.6) is 0 Å². The standard InChI is InChI=1S/C8H17N3/c1-9-7-4-5-11(3)6-8(7)10-2/h9-10H,4-6H2,1-3H3. The molecule has 0 aromatic heterocycles. The molecule has 0 saturated carbocycles. The Morgan fingerprint density at radius 3 is 2.36 bits per heavy atom. The maximum atomic E-state index is 3.22. The van der Waals surface area contributed by atoms with Crippen LogP contribution in [0, 0.1) is 0 Å². The molecule has 1 aliphatic rings. The molecular weight excluding hydrogens is 138 g/mol. The minimum Gasteiger partial charge on any atom is -0.390 e. The van der Waals surface area contributed by atoms with Crippen LogP contribution in [0.1, 0.15) is 6.42 Å². The number of hydrogen-bond acceptors (Lipinski definition) is 3. The van der Waals surface area contributed by atoms with E-state index in [0.717, 1.165) is 19.5 Å². The molecule has 0 aromatic carbocycles. The molecule has 0 aromatic rings. The fourth-order valence-corrected chi connectivity index (χ4v) is 1.40. The molecule has 0 atom stereocenters. The molecule has 3 heteroatoms. The quantitative estimate of drug-likeness (QED) is 0.586. The predicted molar refractivity (Wildman–Crippen MR) is 47.3 cm³/mol. The normalized spacial score (nSPS) is 20.3. The average molecular weight is 155 g/mol. The van der Waals surface area contributed by atoms with Gasteiger partial charge >= 0.3 is 0 Å². The zero-order valence-electron chi connectivity index (χ0n) is 7.57. The van der Waals surface area contributed by atoms with Crippen molar-refractivity contribution in [1.29, 1.82) is 0 Å². The molecule has 0 bridgehead atoms. The van der Waals surface area contributed by atoms with Crippen molar-refractivity contribution in [2.75, 3.05) is 34.2 Å². The summed E-state index contributed by atoms with van der Waals surface area (Å²) in [6.45, 7) is 2.19. The van der Waals surface area contributed by atoms with Gasteiger partial charge in [0.15, 0.2) is 0 Å². The molecule has 0 aliphatic carbocycles. The van der Waals surface area contributed by atoms with E-state index in [1.165, 1.54) is 11.4 Å². The molecule has 1 heterocycles. The topological polar surface area (TPSA) is 27.3 Å². The molecule has 0 amide bonds. The third-order valence-corrected chi connectivity index (χ3v) is 2.14. The van der Waals surface area contributed by atoms with Crippen molar-refractivity contribution < 1.29 is 0 Å².